The smallest absolute Gasteiger partial charge is 0.329 e. The summed E-state index contributed by atoms with van der Waals surface area (Å²) >= 11 is 0. The van der Waals surface area contributed by atoms with Gasteiger partial charge in [0.1, 0.15) is 6.20 Å². The molecule has 1 atom stereocenters. The Bertz CT molecular complexity index is 451. The first kappa shape index (κ1) is 12.5. The molecule has 18 heavy (non-hydrogen) atoms. The fourth-order valence-corrected chi connectivity index (χ4v) is 2.31. The van der Waals surface area contributed by atoms with Crippen molar-refractivity contribution in [3.05, 3.63) is 16.3 Å². The van der Waals surface area contributed by atoms with Gasteiger partial charge in [0.25, 0.3) is 0 Å². The Hall–Kier alpha value is -1.92. The van der Waals surface area contributed by atoms with E-state index in [-0.39, 0.29) is 17.7 Å². The van der Waals surface area contributed by atoms with Crippen molar-refractivity contribution in [1.82, 2.24) is 9.97 Å². The number of hydrogen-bond acceptors (Lipinski definition) is 6. The monoisotopic (exact) mass is 251 g/mol. The molecule has 1 saturated heterocycles. The van der Waals surface area contributed by atoms with E-state index in [4.69, 9.17) is 5.73 Å². The van der Waals surface area contributed by atoms with Crippen molar-refractivity contribution in [1.29, 1.82) is 0 Å². The van der Waals surface area contributed by atoms with Crippen molar-refractivity contribution in [2.45, 2.75) is 38.6 Å². The lowest BCUT2D eigenvalue weighted by atomic mass is 10.1. The second-order valence-electron chi connectivity index (χ2n) is 4.59. The zero-order valence-corrected chi connectivity index (χ0v) is 10.4. The Morgan fingerprint density at radius 3 is 3.00 bits per heavy atom. The summed E-state index contributed by atoms with van der Waals surface area (Å²) < 4.78 is 0. The third kappa shape index (κ3) is 2.49. The molecule has 0 aliphatic carbocycles. The van der Waals surface area contributed by atoms with Crippen LogP contribution >= 0.6 is 0 Å². The van der Waals surface area contributed by atoms with Crippen LogP contribution in [0.25, 0.3) is 0 Å². The molecular weight excluding hydrogens is 234 g/mol. The first-order chi connectivity index (χ1) is 8.59. The number of aromatic nitrogens is 2. The number of nitrogen functional groups attached to an aromatic ring is 1. The minimum Gasteiger partial charge on any atom is -0.368 e. The van der Waals surface area contributed by atoms with Crippen molar-refractivity contribution in [3.63, 3.8) is 0 Å². The molecule has 7 heteroatoms. The molecular formula is C11H17N5O2. The lowest BCUT2D eigenvalue weighted by Gasteiger charge is -2.27. The summed E-state index contributed by atoms with van der Waals surface area (Å²) in [6.07, 6.45) is 5.52. The van der Waals surface area contributed by atoms with Gasteiger partial charge in [-0.2, -0.15) is 4.98 Å². The molecule has 1 aliphatic rings. The van der Waals surface area contributed by atoms with E-state index in [9.17, 15) is 10.1 Å². The molecule has 0 spiro atoms. The molecule has 2 heterocycles. The highest BCUT2D eigenvalue weighted by molar-refractivity contribution is 5.59. The van der Waals surface area contributed by atoms with Gasteiger partial charge in [-0.1, -0.05) is 12.8 Å². The molecule has 1 aromatic heterocycles. The van der Waals surface area contributed by atoms with Gasteiger partial charge < -0.3 is 10.6 Å². The molecule has 1 aromatic rings. The van der Waals surface area contributed by atoms with Crippen LogP contribution in [0.3, 0.4) is 0 Å². The Morgan fingerprint density at radius 2 is 2.28 bits per heavy atom. The average molecular weight is 251 g/mol. The van der Waals surface area contributed by atoms with E-state index in [1.54, 1.807) is 0 Å². The first-order valence-electron chi connectivity index (χ1n) is 6.13. The third-order valence-corrected chi connectivity index (χ3v) is 3.29. The fraction of sp³-hybridized carbons (Fsp3) is 0.636. The summed E-state index contributed by atoms with van der Waals surface area (Å²) in [4.78, 5) is 20.3. The topological polar surface area (TPSA) is 98.2 Å². The van der Waals surface area contributed by atoms with E-state index >= 15 is 0 Å². The SMILES string of the molecule is CC1CCCCCN1c1nc(N)ncc1[N+](=O)[O-]. The van der Waals surface area contributed by atoms with Crippen LogP contribution in [0.5, 0.6) is 0 Å². The second kappa shape index (κ2) is 5.16. The van der Waals surface area contributed by atoms with Crippen LogP contribution in [-0.4, -0.2) is 27.5 Å². The number of nitrogens with zero attached hydrogens (tertiary/aromatic N) is 4. The highest BCUT2D eigenvalue weighted by Gasteiger charge is 2.26. The van der Waals surface area contributed by atoms with Gasteiger partial charge in [0, 0.05) is 12.6 Å². The molecule has 1 fully saturated rings. The quantitative estimate of drug-likeness (QED) is 0.635. The van der Waals surface area contributed by atoms with E-state index in [1.807, 2.05) is 4.90 Å². The van der Waals surface area contributed by atoms with E-state index < -0.39 is 4.92 Å². The lowest BCUT2D eigenvalue weighted by molar-refractivity contribution is -0.384. The van der Waals surface area contributed by atoms with Gasteiger partial charge in [-0.3, -0.25) is 10.1 Å². The molecule has 0 bridgehead atoms. The maximum absolute atomic E-state index is 11.0. The number of nitro groups is 1. The summed E-state index contributed by atoms with van der Waals surface area (Å²) in [6.45, 7) is 2.84. The van der Waals surface area contributed by atoms with Gasteiger partial charge in [0.2, 0.25) is 11.8 Å². The van der Waals surface area contributed by atoms with Crippen LogP contribution in [0.15, 0.2) is 6.20 Å². The van der Waals surface area contributed by atoms with Crippen molar-refractivity contribution in [2.24, 2.45) is 0 Å². The summed E-state index contributed by atoms with van der Waals surface area (Å²) in [6, 6.07) is 0.237. The highest BCUT2D eigenvalue weighted by atomic mass is 16.6. The lowest BCUT2D eigenvalue weighted by Crippen LogP contribution is -2.34. The minimum atomic E-state index is -0.452. The number of rotatable bonds is 2. The van der Waals surface area contributed by atoms with Crippen LogP contribution in [0.2, 0.25) is 0 Å². The molecule has 98 valence electrons. The number of anilines is 2. The fourth-order valence-electron chi connectivity index (χ4n) is 2.31. The molecule has 2 N–H and O–H groups in total. The van der Waals surface area contributed by atoms with E-state index in [1.165, 1.54) is 6.20 Å². The van der Waals surface area contributed by atoms with Gasteiger partial charge in [-0.05, 0) is 19.8 Å². The Labute approximate surface area is 105 Å². The van der Waals surface area contributed by atoms with Crippen LogP contribution in [0, 0.1) is 10.1 Å². The maximum atomic E-state index is 11.0. The van der Waals surface area contributed by atoms with E-state index in [0.29, 0.717) is 5.82 Å². The van der Waals surface area contributed by atoms with Crippen LogP contribution in [-0.2, 0) is 0 Å². The summed E-state index contributed by atoms with van der Waals surface area (Å²) in [5.74, 6) is 0.425. The van der Waals surface area contributed by atoms with Gasteiger partial charge in [-0.15, -0.1) is 0 Å². The largest absolute Gasteiger partial charge is 0.368 e. The number of hydrogen-bond donors (Lipinski definition) is 1. The van der Waals surface area contributed by atoms with Crippen LogP contribution < -0.4 is 10.6 Å². The molecule has 1 unspecified atom stereocenters. The Balaban J connectivity index is 2.40. The molecule has 7 nitrogen and oxygen atoms in total. The van der Waals surface area contributed by atoms with E-state index in [2.05, 4.69) is 16.9 Å². The van der Waals surface area contributed by atoms with Gasteiger partial charge >= 0.3 is 5.69 Å². The van der Waals surface area contributed by atoms with Crippen LogP contribution in [0.1, 0.15) is 32.6 Å². The molecule has 0 radical (unpaired) electrons. The zero-order chi connectivity index (χ0) is 13.1. The van der Waals surface area contributed by atoms with Crippen molar-refractivity contribution in [3.8, 4) is 0 Å². The Morgan fingerprint density at radius 1 is 1.50 bits per heavy atom. The standard InChI is InChI=1S/C11H17N5O2/c1-8-5-3-2-4-6-15(8)10-9(16(17)18)7-13-11(12)14-10/h7-8H,2-6H2,1H3,(H2,12,13,14). The molecule has 1 aliphatic heterocycles. The maximum Gasteiger partial charge on any atom is 0.329 e. The molecule has 0 aromatic carbocycles. The highest BCUT2D eigenvalue weighted by Crippen LogP contribution is 2.30. The first-order valence-corrected chi connectivity index (χ1v) is 6.13. The van der Waals surface area contributed by atoms with Crippen molar-refractivity contribution in [2.75, 3.05) is 17.2 Å². The van der Waals surface area contributed by atoms with Crippen LogP contribution in [0.4, 0.5) is 17.5 Å². The Kier molecular flexibility index (Phi) is 3.59. The third-order valence-electron chi connectivity index (χ3n) is 3.29. The number of nitrogens with two attached hydrogens (primary N) is 1. The average Bonchev–Trinajstić information content (AvgIpc) is 2.53. The second-order valence-corrected chi connectivity index (χ2v) is 4.59. The minimum absolute atomic E-state index is 0.0713. The predicted octanol–water partition coefficient (Wildman–Crippen LogP) is 1.74. The normalized spacial score (nSPS) is 20.5. The zero-order valence-electron chi connectivity index (χ0n) is 10.4. The van der Waals surface area contributed by atoms with Gasteiger partial charge in [0.15, 0.2) is 0 Å². The van der Waals surface area contributed by atoms with Gasteiger partial charge in [0.05, 0.1) is 4.92 Å². The summed E-state index contributed by atoms with van der Waals surface area (Å²) in [5.41, 5.74) is 5.48. The van der Waals surface area contributed by atoms with Crippen molar-refractivity contribution < 1.29 is 4.92 Å². The summed E-state index contributed by atoms with van der Waals surface area (Å²) in [5, 5.41) is 11.0. The van der Waals surface area contributed by atoms with Crippen molar-refractivity contribution >= 4 is 17.5 Å². The molecule has 2 rings (SSSR count). The molecule has 0 saturated carbocycles. The predicted molar refractivity (Wildman–Crippen MR) is 68.4 cm³/mol. The summed E-state index contributed by atoms with van der Waals surface area (Å²) in [7, 11) is 0. The molecule has 0 amide bonds. The van der Waals surface area contributed by atoms with E-state index in [0.717, 1.165) is 32.2 Å². The van der Waals surface area contributed by atoms with Gasteiger partial charge in [-0.25, -0.2) is 4.98 Å².